The SMILES string of the molecule is CC(Cl)Sc1cccs1. The second-order valence-corrected chi connectivity index (χ2v) is 5.10. The summed E-state index contributed by atoms with van der Waals surface area (Å²) in [4.78, 5) is 0. The molecule has 0 spiro atoms. The van der Waals surface area contributed by atoms with Crippen molar-refractivity contribution in [3.05, 3.63) is 17.5 Å². The maximum atomic E-state index is 5.74. The molecule has 3 heteroatoms. The van der Waals surface area contributed by atoms with Gasteiger partial charge in [-0.15, -0.1) is 22.9 Å². The second-order valence-electron chi connectivity index (χ2n) is 1.59. The summed E-state index contributed by atoms with van der Waals surface area (Å²) in [5.74, 6) is 0. The van der Waals surface area contributed by atoms with E-state index >= 15 is 0 Å². The lowest BCUT2D eigenvalue weighted by molar-refractivity contribution is 1.40. The van der Waals surface area contributed by atoms with Gasteiger partial charge in [-0.1, -0.05) is 17.8 Å². The number of alkyl halides is 1. The van der Waals surface area contributed by atoms with Crippen molar-refractivity contribution in [2.45, 2.75) is 15.8 Å². The third-order valence-corrected chi connectivity index (χ3v) is 2.97. The molecular formula is C6H7ClS2. The predicted molar refractivity (Wildman–Crippen MR) is 45.5 cm³/mol. The van der Waals surface area contributed by atoms with E-state index in [2.05, 4.69) is 11.4 Å². The highest BCUT2D eigenvalue weighted by Gasteiger charge is 1.98. The Bertz CT molecular complexity index is 158. The van der Waals surface area contributed by atoms with Crippen LogP contribution >= 0.6 is 34.7 Å². The third kappa shape index (κ3) is 2.61. The molecule has 0 nitrogen and oxygen atoms in total. The average Bonchev–Trinajstić information content (AvgIpc) is 2.15. The first-order valence-electron chi connectivity index (χ1n) is 2.63. The standard InChI is InChI=1S/C6H7ClS2/c1-5(7)9-6-3-2-4-8-6/h2-5H,1H3. The predicted octanol–water partition coefficient (Wildman–Crippen LogP) is 3.43. The molecule has 0 aliphatic carbocycles. The van der Waals surface area contributed by atoms with Crippen LogP contribution in [0.1, 0.15) is 6.92 Å². The molecule has 0 radical (unpaired) electrons. The van der Waals surface area contributed by atoms with Crippen molar-refractivity contribution in [3.63, 3.8) is 0 Å². The summed E-state index contributed by atoms with van der Waals surface area (Å²) in [6.07, 6.45) is 0. The van der Waals surface area contributed by atoms with Crippen molar-refractivity contribution < 1.29 is 0 Å². The molecule has 0 fully saturated rings. The molecule has 1 aromatic heterocycles. The van der Waals surface area contributed by atoms with Gasteiger partial charge in [-0.25, -0.2) is 0 Å². The molecule has 1 aromatic rings. The first kappa shape index (κ1) is 7.45. The number of hydrogen-bond donors (Lipinski definition) is 0. The van der Waals surface area contributed by atoms with Gasteiger partial charge in [-0.3, -0.25) is 0 Å². The van der Waals surface area contributed by atoms with Crippen molar-refractivity contribution in [1.29, 1.82) is 0 Å². The van der Waals surface area contributed by atoms with Gasteiger partial charge in [0.1, 0.15) is 0 Å². The van der Waals surface area contributed by atoms with Crippen LogP contribution < -0.4 is 0 Å². The smallest absolute Gasteiger partial charge is 0.0815 e. The van der Waals surface area contributed by atoms with Gasteiger partial charge in [0.2, 0.25) is 0 Å². The minimum absolute atomic E-state index is 0.184. The monoisotopic (exact) mass is 178 g/mol. The molecule has 0 N–H and O–H groups in total. The molecule has 1 heterocycles. The van der Waals surface area contributed by atoms with Gasteiger partial charge < -0.3 is 0 Å². The highest BCUT2D eigenvalue weighted by atomic mass is 35.5. The van der Waals surface area contributed by atoms with Crippen molar-refractivity contribution >= 4 is 34.7 Å². The fourth-order valence-electron chi connectivity index (χ4n) is 0.491. The van der Waals surface area contributed by atoms with Crippen LogP contribution in [0.25, 0.3) is 0 Å². The molecule has 0 bridgehead atoms. The quantitative estimate of drug-likeness (QED) is 0.494. The van der Waals surface area contributed by atoms with E-state index in [-0.39, 0.29) is 4.71 Å². The lowest BCUT2D eigenvalue weighted by Crippen LogP contribution is -1.76. The fraction of sp³-hybridized carbons (Fsp3) is 0.333. The van der Waals surface area contributed by atoms with Crippen molar-refractivity contribution in [3.8, 4) is 0 Å². The van der Waals surface area contributed by atoms with Crippen LogP contribution in [0.15, 0.2) is 21.7 Å². The van der Waals surface area contributed by atoms with Gasteiger partial charge in [-0.05, 0) is 18.4 Å². The molecule has 0 aromatic carbocycles. The van der Waals surface area contributed by atoms with Crippen LogP contribution in [0.3, 0.4) is 0 Å². The van der Waals surface area contributed by atoms with Gasteiger partial charge in [0.05, 0.1) is 8.92 Å². The van der Waals surface area contributed by atoms with Gasteiger partial charge >= 0.3 is 0 Å². The number of thiophene rings is 1. The summed E-state index contributed by atoms with van der Waals surface area (Å²) >= 11 is 9.16. The summed E-state index contributed by atoms with van der Waals surface area (Å²) < 4.78 is 1.47. The van der Waals surface area contributed by atoms with E-state index in [9.17, 15) is 0 Å². The zero-order valence-corrected chi connectivity index (χ0v) is 7.39. The van der Waals surface area contributed by atoms with Crippen LogP contribution in [0.4, 0.5) is 0 Å². The number of rotatable bonds is 2. The molecule has 0 aliphatic heterocycles. The zero-order valence-electron chi connectivity index (χ0n) is 5.00. The molecule has 1 rings (SSSR count). The van der Waals surface area contributed by atoms with E-state index in [0.717, 1.165) is 0 Å². The van der Waals surface area contributed by atoms with E-state index in [1.165, 1.54) is 4.21 Å². The Hall–Kier alpha value is 0.340. The van der Waals surface area contributed by atoms with Crippen LogP contribution in [-0.2, 0) is 0 Å². The molecule has 1 unspecified atom stereocenters. The summed E-state index contributed by atoms with van der Waals surface area (Å²) in [5.41, 5.74) is 0. The van der Waals surface area contributed by atoms with Crippen molar-refractivity contribution in [2.24, 2.45) is 0 Å². The molecule has 9 heavy (non-hydrogen) atoms. The molecule has 0 aliphatic rings. The minimum Gasteiger partial charge on any atom is -0.137 e. The maximum absolute atomic E-state index is 5.74. The Balaban J connectivity index is 2.48. The van der Waals surface area contributed by atoms with Crippen LogP contribution in [0.5, 0.6) is 0 Å². The summed E-state index contributed by atoms with van der Waals surface area (Å²) in [6, 6.07) is 4.11. The normalized spacial score (nSPS) is 13.6. The lowest BCUT2D eigenvalue weighted by atomic mass is 10.7. The van der Waals surface area contributed by atoms with E-state index in [1.54, 1.807) is 23.1 Å². The largest absolute Gasteiger partial charge is 0.137 e. The molecule has 1 atom stereocenters. The van der Waals surface area contributed by atoms with Gasteiger partial charge in [0.15, 0.2) is 0 Å². The zero-order chi connectivity index (χ0) is 6.69. The van der Waals surface area contributed by atoms with Crippen molar-refractivity contribution in [1.82, 2.24) is 0 Å². The Labute approximate surface area is 68.2 Å². The first-order chi connectivity index (χ1) is 4.29. The molecule has 0 amide bonds. The van der Waals surface area contributed by atoms with Crippen LogP contribution in [-0.4, -0.2) is 4.71 Å². The molecular weight excluding hydrogens is 172 g/mol. The highest BCUT2D eigenvalue weighted by Crippen LogP contribution is 2.28. The lowest BCUT2D eigenvalue weighted by Gasteiger charge is -1.96. The number of thioether (sulfide) groups is 1. The first-order valence-corrected chi connectivity index (χ1v) is 4.83. The molecule has 0 saturated heterocycles. The summed E-state index contributed by atoms with van der Waals surface area (Å²) in [7, 11) is 0. The fourth-order valence-corrected chi connectivity index (χ4v) is 2.68. The van der Waals surface area contributed by atoms with E-state index in [4.69, 9.17) is 11.6 Å². The number of halogens is 1. The third-order valence-electron chi connectivity index (χ3n) is 0.774. The Morgan fingerprint density at radius 3 is 3.00 bits per heavy atom. The van der Waals surface area contributed by atoms with Crippen LogP contribution in [0.2, 0.25) is 0 Å². The topological polar surface area (TPSA) is 0 Å². The van der Waals surface area contributed by atoms with Crippen LogP contribution in [0, 0.1) is 0 Å². The van der Waals surface area contributed by atoms with Gasteiger partial charge in [0.25, 0.3) is 0 Å². The molecule has 0 saturated carbocycles. The average molecular weight is 179 g/mol. The molecule has 50 valence electrons. The van der Waals surface area contributed by atoms with Crippen molar-refractivity contribution in [2.75, 3.05) is 0 Å². The van der Waals surface area contributed by atoms with E-state index in [0.29, 0.717) is 0 Å². The second kappa shape index (κ2) is 3.49. The highest BCUT2D eigenvalue weighted by molar-refractivity contribution is 8.02. The number of hydrogen-bond acceptors (Lipinski definition) is 2. The Morgan fingerprint density at radius 1 is 1.78 bits per heavy atom. The minimum atomic E-state index is 0.184. The van der Waals surface area contributed by atoms with Gasteiger partial charge in [-0.2, -0.15) is 0 Å². The Kier molecular flexibility index (Phi) is 2.89. The summed E-state index contributed by atoms with van der Waals surface area (Å²) in [5, 5.41) is 2.06. The summed E-state index contributed by atoms with van der Waals surface area (Å²) in [6.45, 7) is 1.98. The van der Waals surface area contributed by atoms with Gasteiger partial charge in [0, 0.05) is 0 Å². The van der Waals surface area contributed by atoms with E-state index in [1.807, 2.05) is 13.0 Å². The maximum Gasteiger partial charge on any atom is 0.0815 e. The Morgan fingerprint density at radius 2 is 2.56 bits per heavy atom. The van der Waals surface area contributed by atoms with E-state index < -0.39 is 0 Å².